The van der Waals surface area contributed by atoms with Crippen LogP contribution >= 0.6 is 12.4 Å². The minimum Gasteiger partial charge on any atom is -0.308 e. The quantitative estimate of drug-likeness (QED) is 0.786. The van der Waals surface area contributed by atoms with Crippen LogP contribution < -0.4 is 10.6 Å². The van der Waals surface area contributed by atoms with E-state index in [1.54, 1.807) is 0 Å². The van der Waals surface area contributed by atoms with Crippen LogP contribution in [0.1, 0.15) is 31.7 Å². The predicted molar refractivity (Wildman–Crippen MR) is 94.9 cm³/mol. The molecule has 124 valence electrons. The van der Waals surface area contributed by atoms with Crippen LogP contribution in [0, 0.1) is 0 Å². The Morgan fingerprint density at radius 3 is 2.78 bits per heavy atom. The van der Waals surface area contributed by atoms with Crippen LogP contribution in [0.25, 0.3) is 11.3 Å². The number of aromatic amines is 1. The molecule has 2 heterocycles. The Balaban J connectivity index is 0.00000192. The minimum absolute atomic E-state index is 0. The van der Waals surface area contributed by atoms with E-state index in [4.69, 9.17) is 0 Å². The van der Waals surface area contributed by atoms with E-state index in [-0.39, 0.29) is 24.4 Å². The van der Waals surface area contributed by atoms with Gasteiger partial charge in [0.1, 0.15) is 0 Å². The second kappa shape index (κ2) is 8.13. The normalized spacial score (nSPS) is 16.8. The summed E-state index contributed by atoms with van der Waals surface area (Å²) < 4.78 is 0. The van der Waals surface area contributed by atoms with Crippen molar-refractivity contribution < 1.29 is 4.79 Å². The van der Waals surface area contributed by atoms with Crippen LogP contribution in [0.4, 0.5) is 5.82 Å². The molecule has 2 aromatic rings. The van der Waals surface area contributed by atoms with Gasteiger partial charge < -0.3 is 10.6 Å². The molecule has 0 spiro atoms. The van der Waals surface area contributed by atoms with Crippen LogP contribution in [0.2, 0.25) is 0 Å². The lowest BCUT2D eigenvalue weighted by Crippen LogP contribution is -2.35. The number of nitrogens with zero attached hydrogens (tertiary/aromatic N) is 1. The van der Waals surface area contributed by atoms with Gasteiger partial charge in [0.2, 0.25) is 5.91 Å². The lowest BCUT2D eigenvalue weighted by Gasteiger charge is -2.08. The molecule has 5 nitrogen and oxygen atoms in total. The first-order valence-corrected chi connectivity index (χ1v) is 7.95. The molecule has 3 rings (SSSR count). The molecule has 1 amide bonds. The van der Waals surface area contributed by atoms with E-state index < -0.39 is 0 Å². The molecule has 6 heteroatoms. The molecule has 23 heavy (non-hydrogen) atoms. The number of anilines is 1. The fourth-order valence-corrected chi connectivity index (χ4v) is 2.79. The third kappa shape index (κ3) is 4.33. The van der Waals surface area contributed by atoms with Crippen LogP contribution in [0.5, 0.6) is 0 Å². The van der Waals surface area contributed by atoms with E-state index in [2.05, 4.69) is 52.0 Å². The zero-order chi connectivity index (χ0) is 15.4. The van der Waals surface area contributed by atoms with E-state index >= 15 is 0 Å². The topological polar surface area (TPSA) is 69.8 Å². The number of hydrogen-bond donors (Lipinski definition) is 3. The van der Waals surface area contributed by atoms with Crippen LogP contribution in [0.3, 0.4) is 0 Å². The number of amides is 1. The average Bonchev–Trinajstić information content (AvgIpc) is 3.19. The predicted octanol–water partition coefficient (Wildman–Crippen LogP) is 3.14. The molecule has 1 unspecified atom stereocenters. The van der Waals surface area contributed by atoms with Gasteiger partial charge in [0.05, 0.1) is 11.7 Å². The van der Waals surface area contributed by atoms with Gasteiger partial charge in [0.25, 0.3) is 0 Å². The summed E-state index contributed by atoms with van der Waals surface area (Å²) in [4.78, 5) is 12.0. The number of halogens is 1. The maximum absolute atomic E-state index is 12.0. The third-order valence-corrected chi connectivity index (χ3v) is 4.01. The van der Waals surface area contributed by atoms with E-state index in [1.165, 1.54) is 5.56 Å². The van der Waals surface area contributed by atoms with Gasteiger partial charge in [-0.1, -0.05) is 37.6 Å². The van der Waals surface area contributed by atoms with Gasteiger partial charge >= 0.3 is 0 Å². The first-order valence-electron chi connectivity index (χ1n) is 7.95. The third-order valence-electron chi connectivity index (χ3n) is 4.01. The maximum atomic E-state index is 12.0. The monoisotopic (exact) mass is 334 g/mol. The number of benzene rings is 1. The summed E-state index contributed by atoms with van der Waals surface area (Å²) in [5.74, 6) is 0.570. The molecule has 1 aliphatic rings. The molecule has 1 atom stereocenters. The lowest BCUT2D eigenvalue weighted by atomic mass is 10.1. The summed E-state index contributed by atoms with van der Waals surface area (Å²) in [6, 6.07) is 10.2. The average molecular weight is 335 g/mol. The summed E-state index contributed by atoms with van der Waals surface area (Å²) in [6.45, 7) is 3.09. The van der Waals surface area contributed by atoms with Crippen molar-refractivity contribution in [2.45, 2.75) is 38.6 Å². The molecule has 0 saturated carbocycles. The molecule has 1 fully saturated rings. The Kier molecular flexibility index (Phi) is 6.19. The summed E-state index contributed by atoms with van der Waals surface area (Å²) in [7, 11) is 0. The van der Waals surface area contributed by atoms with Crippen molar-refractivity contribution >= 4 is 24.1 Å². The van der Waals surface area contributed by atoms with Gasteiger partial charge in [0.15, 0.2) is 5.82 Å². The number of nitrogens with one attached hydrogen (secondary N) is 3. The van der Waals surface area contributed by atoms with Crippen molar-refractivity contribution in [2.24, 2.45) is 0 Å². The molecular formula is C17H23ClN4O. The van der Waals surface area contributed by atoms with Crippen molar-refractivity contribution in [3.63, 3.8) is 0 Å². The van der Waals surface area contributed by atoms with Gasteiger partial charge in [-0.25, -0.2) is 0 Å². The number of aromatic nitrogens is 2. The highest BCUT2D eigenvalue weighted by Gasteiger charge is 2.22. The fraction of sp³-hybridized carbons (Fsp3) is 0.412. The smallest absolute Gasteiger partial charge is 0.242 e. The van der Waals surface area contributed by atoms with Gasteiger partial charge in [-0.2, -0.15) is 5.10 Å². The highest BCUT2D eigenvalue weighted by Crippen LogP contribution is 2.21. The number of aryl methyl sites for hydroxylation is 1. The highest BCUT2D eigenvalue weighted by atomic mass is 35.5. The summed E-state index contributed by atoms with van der Waals surface area (Å²) >= 11 is 0. The Bertz CT molecular complexity index is 632. The summed E-state index contributed by atoms with van der Waals surface area (Å²) in [5.41, 5.74) is 3.33. The summed E-state index contributed by atoms with van der Waals surface area (Å²) in [5, 5.41) is 13.2. The molecule has 0 bridgehead atoms. The zero-order valence-electron chi connectivity index (χ0n) is 13.3. The van der Waals surface area contributed by atoms with Crippen LogP contribution in [-0.4, -0.2) is 28.7 Å². The van der Waals surface area contributed by atoms with Gasteiger partial charge in [0, 0.05) is 6.07 Å². The second-order valence-electron chi connectivity index (χ2n) is 5.75. The summed E-state index contributed by atoms with van der Waals surface area (Å²) in [6.07, 6.45) is 4.18. The highest BCUT2D eigenvalue weighted by molar-refractivity contribution is 5.94. The van der Waals surface area contributed by atoms with Gasteiger partial charge in [-0.05, 0) is 36.9 Å². The Hall–Kier alpha value is -1.85. The molecule has 1 aromatic carbocycles. The number of H-pyrrole nitrogens is 1. The molecule has 3 N–H and O–H groups in total. The van der Waals surface area contributed by atoms with Crippen molar-refractivity contribution in [2.75, 3.05) is 11.9 Å². The SMILES string of the molecule is CCCc1ccc(-c2cc(NC(=O)C3CCCN3)n[nH]2)cc1.Cl. The van der Waals surface area contributed by atoms with E-state index in [0.717, 1.165) is 43.5 Å². The van der Waals surface area contributed by atoms with E-state index in [9.17, 15) is 4.79 Å². The Morgan fingerprint density at radius 2 is 2.13 bits per heavy atom. The largest absolute Gasteiger partial charge is 0.308 e. The Morgan fingerprint density at radius 1 is 1.35 bits per heavy atom. The van der Waals surface area contributed by atoms with Crippen LogP contribution in [0.15, 0.2) is 30.3 Å². The van der Waals surface area contributed by atoms with Crippen LogP contribution in [-0.2, 0) is 11.2 Å². The number of carbonyl (C=O) groups is 1. The van der Waals surface area contributed by atoms with Crippen molar-refractivity contribution in [1.82, 2.24) is 15.5 Å². The van der Waals surface area contributed by atoms with Crippen molar-refractivity contribution in [1.29, 1.82) is 0 Å². The van der Waals surface area contributed by atoms with Gasteiger partial charge in [-0.3, -0.25) is 9.89 Å². The molecule has 1 saturated heterocycles. The maximum Gasteiger partial charge on any atom is 0.242 e. The minimum atomic E-state index is -0.0894. The van der Waals surface area contributed by atoms with E-state index in [0.29, 0.717) is 5.82 Å². The number of carbonyl (C=O) groups excluding carboxylic acids is 1. The van der Waals surface area contributed by atoms with E-state index in [1.807, 2.05) is 6.07 Å². The molecule has 0 radical (unpaired) electrons. The molecular weight excluding hydrogens is 312 g/mol. The molecule has 1 aliphatic heterocycles. The molecule has 0 aliphatic carbocycles. The second-order valence-corrected chi connectivity index (χ2v) is 5.75. The Labute approximate surface area is 142 Å². The first kappa shape index (κ1) is 17.5. The zero-order valence-corrected chi connectivity index (χ0v) is 14.1. The number of rotatable bonds is 5. The molecule has 1 aromatic heterocycles. The van der Waals surface area contributed by atoms with Crippen molar-refractivity contribution in [3.8, 4) is 11.3 Å². The van der Waals surface area contributed by atoms with Gasteiger partial charge in [-0.15, -0.1) is 12.4 Å². The first-order chi connectivity index (χ1) is 10.8. The fourth-order valence-electron chi connectivity index (χ4n) is 2.79. The lowest BCUT2D eigenvalue weighted by molar-refractivity contribution is -0.117. The van der Waals surface area contributed by atoms with Crippen molar-refractivity contribution in [3.05, 3.63) is 35.9 Å². The standard InChI is InChI=1S/C17H22N4O.ClH/c1-2-4-12-6-8-13(9-7-12)15-11-16(21-20-15)19-17(22)14-5-3-10-18-14;/h6-9,11,14,18H,2-5,10H2,1H3,(H2,19,20,21,22);1H. The number of hydrogen-bond acceptors (Lipinski definition) is 3.